The van der Waals surface area contributed by atoms with E-state index < -0.39 is 13.3 Å². The summed E-state index contributed by atoms with van der Waals surface area (Å²) in [5.74, 6) is 7.34. The second-order valence-electron chi connectivity index (χ2n) is 12.7. The predicted octanol–water partition coefficient (Wildman–Crippen LogP) is 10.2. The van der Waals surface area contributed by atoms with Gasteiger partial charge in [0.25, 0.3) is 0 Å². The molecule has 0 aliphatic rings. The van der Waals surface area contributed by atoms with Crippen LogP contribution in [0.15, 0.2) is 132 Å². The normalized spacial score (nSPS) is 11.6. The molecule has 5 aromatic carbocycles. The van der Waals surface area contributed by atoms with Gasteiger partial charge >= 0.3 is 114 Å². The zero-order valence-electron chi connectivity index (χ0n) is 30.0. The van der Waals surface area contributed by atoms with E-state index in [1.54, 1.807) is 6.07 Å². The maximum Gasteiger partial charge on any atom is 0 e. The van der Waals surface area contributed by atoms with Crippen molar-refractivity contribution in [1.29, 1.82) is 5.26 Å². The monoisotopic (exact) mass is 892 g/mol. The topological polar surface area (TPSA) is 71.9 Å². The van der Waals surface area contributed by atoms with Gasteiger partial charge in [0, 0.05) is 31.7 Å². The standard InChI is InChI=1S/C28H15N2O.C15H18GeNO.Ir/c29-16-18-5-7-19(8-6-18)21-9-11-24-25-13-22(10-12-27(25)31-28(24)15-21)26-14-20-3-1-2-4-23(20)17-30-26;1-16(2,3)13-8-9-15(17-11-13)12-6-5-7-14(10-12)18-4;/h1-9,11-15,17H;5,7-11H,1-4H3;/q2*-1;/i;5D,7D;. The first kappa shape index (κ1) is 32.2. The van der Waals surface area contributed by atoms with Crippen molar-refractivity contribution < 1.29 is 32.0 Å². The van der Waals surface area contributed by atoms with E-state index in [9.17, 15) is 0 Å². The smallest absolute Gasteiger partial charge is 0 e. The van der Waals surface area contributed by atoms with E-state index in [2.05, 4.69) is 87.9 Å². The number of hydrogen-bond donors (Lipinski definition) is 0. The number of furan rings is 1. The molecule has 0 saturated carbocycles. The maximum atomic E-state index is 9.01. The van der Waals surface area contributed by atoms with Crippen molar-refractivity contribution in [2.24, 2.45) is 0 Å². The molecule has 7 heteroatoms. The second kappa shape index (κ2) is 14.8. The number of nitrogens with zero attached hydrogens (tertiary/aromatic N) is 3. The molecular weight excluding hydrogens is 855 g/mol. The molecule has 247 valence electrons. The van der Waals surface area contributed by atoms with E-state index in [0.29, 0.717) is 16.9 Å². The molecule has 0 bridgehead atoms. The van der Waals surface area contributed by atoms with Crippen LogP contribution >= 0.6 is 0 Å². The molecule has 0 atom stereocenters. The minimum absolute atomic E-state index is 0. The zero-order chi connectivity index (χ0) is 35.7. The first-order chi connectivity index (χ1) is 24.6. The van der Waals surface area contributed by atoms with Crippen LogP contribution in [-0.2, 0) is 20.1 Å². The molecule has 0 N–H and O–H groups in total. The molecule has 0 aliphatic heterocycles. The Morgan fingerprint density at radius 3 is 2.22 bits per heavy atom. The van der Waals surface area contributed by atoms with Crippen LogP contribution in [0.4, 0.5) is 0 Å². The van der Waals surface area contributed by atoms with Crippen molar-refractivity contribution in [2.45, 2.75) is 17.3 Å². The maximum absolute atomic E-state index is 9.01. The summed E-state index contributed by atoms with van der Waals surface area (Å²) in [6.45, 7) is 0. The van der Waals surface area contributed by atoms with E-state index in [1.165, 1.54) is 11.5 Å². The number of methoxy groups -OCH3 is 1. The van der Waals surface area contributed by atoms with Crippen molar-refractivity contribution in [3.8, 4) is 45.5 Å². The summed E-state index contributed by atoms with van der Waals surface area (Å²) in [5, 5.41) is 13.4. The Hall–Kier alpha value is -5.06. The summed E-state index contributed by atoms with van der Waals surface area (Å²) in [5.41, 5.74) is 7.67. The molecule has 0 saturated heterocycles. The first-order valence-electron chi connectivity index (χ1n) is 16.9. The van der Waals surface area contributed by atoms with Crippen LogP contribution < -0.4 is 9.13 Å². The first-order valence-corrected chi connectivity index (χ1v) is 23.2. The quantitative estimate of drug-likeness (QED) is 0.127. The largest absolute Gasteiger partial charge is 0 e. The molecule has 0 unspecified atom stereocenters. The summed E-state index contributed by atoms with van der Waals surface area (Å²) < 4.78 is 28.0. The fraction of sp³-hybridized carbons (Fsp3) is 0.0930. The fourth-order valence-corrected chi connectivity index (χ4v) is 7.80. The van der Waals surface area contributed by atoms with Gasteiger partial charge in [0.1, 0.15) is 5.58 Å². The second-order valence-corrected chi connectivity index (χ2v) is 23.4. The van der Waals surface area contributed by atoms with E-state index >= 15 is 0 Å². The fourth-order valence-electron chi connectivity index (χ4n) is 5.62. The number of hydrogen-bond acceptors (Lipinski definition) is 5. The number of fused-ring (bicyclic) bond motifs is 4. The van der Waals surface area contributed by atoms with Crippen LogP contribution in [0.1, 0.15) is 8.30 Å². The molecule has 5 nitrogen and oxygen atoms in total. The molecule has 0 spiro atoms. The van der Waals surface area contributed by atoms with E-state index in [4.69, 9.17) is 17.2 Å². The van der Waals surface area contributed by atoms with Gasteiger partial charge in [-0.05, 0) is 45.8 Å². The Kier molecular flexibility index (Phi) is 9.53. The average molecular weight is 891 g/mol. The van der Waals surface area contributed by atoms with Crippen LogP contribution in [0.2, 0.25) is 17.3 Å². The Bertz CT molecular complexity index is 2590. The molecule has 3 heterocycles. The molecule has 3 aromatic heterocycles. The van der Waals surface area contributed by atoms with Gasteiger partial charge in [0.05, 0.1) is 17.2 Å². The van der Waals surface area contributed by atoms with Crippen molar-refractivity contribution >= 4 is 50.4 Å². The molecule has 0 aliphatic carbocycles. The molecule has 8 aromatic rings. The minimum Gasteiger partial charge on any atom is 0 e. The summed E-state index contributed by atoms with van der Waals surface area (Å²) in [6.07, 6.45) is 3.83. The van der Waals surface area contributed by atoms with E-state index in [1.807, 2.05) is 67.0 Å². The summed E-state index contributed by atoms with van der Waals surface area (Å²) in [7, 11) is 1.50. The third-order valence-corrected chi connectivity index (χ3v) is 12.7. The number of rotatable bonds is 5. The third-order valence-electron chi connectivity index (χ3n) is 8.44. The minimum atomic E-state index is -1.85. The van der Waals surface area contributed by atoms with Gasteiger partial charge in [0.2, 0.25) is 0 Å². The van der Waals surface area contributed by atoms with Crippen molar-refractivity contribution in [1.82, 2.24) is 9.97 Å². The molecule has 0 amide bonds. The Morgan fingerprint density at radius 2 is 1.50 bits per heavy atom. The predicted molar refractivity (Wildman–Crippen MR) is 201 cm³/mol. The van der Waals surface area contributed by atoms with Crippen molar-refractivity contribution in [3.05, 3.63) is 145 Å². The number of aromatic nitrogens is 2. The zero-order valence-corrected chi connectivity index (χ0v) is 32.5. The van der Waals surface area contributed by atoms with Crippen LogP contribution in [-0.4, -0.2) is 30.3 Å². The molecule has 50 heavy (non-hydrogen) atoms. The summed E-state index contributed by atoms with van der Waals surface area (Å²) >= 11 is -1.85. The third kappa shape index (κ3) is 7.41. The van der Waals surface area contributed by atoms with E-state index in [0.717, 1.165) is 60.8 Å². The molecule has 1 radical (unpaired) electrons. The van der Waals surface area contributed by atoms with Crippen molar-refractivity contribution in [2.75, 3.05) is 7.11 Å². The number of ether oxygens (including phenoxy) is 1. The number of benzene rings is 5. The van der Waals surface area contributed by atoms with Crippen LogP contribution in [0.3, 0.4) is 0 Å². The SMILES string of the molecule is N#Cc1ccc(-c2ccc3c(c2)oc2c[c-]c(-c4cc5ccccc5cn4)cc23)cc1.[2H]c1[c-]c(-c2cc[c]([Ge]([CH3])([CH3])[CH3])cn2)cc(OC)c1[2H].[Ir]. The number of pyridine rings is 2. The number of nitriles is 1. The van der Waals surface area contributed by atoms with Crippen LogP contribution in [0, 0.1) is 23.5 Å². The Balaban J connectivity index is 0.000000193. The van der Waals surface area contributed by atoms with Gasteiger partial charge < -0.3 is 9.40 Å². The summed E-state index contributed by atoms with van der Waals surface area (Å²) in [6, 6.07) is 42.3. The van der Waals surface area contributed by atoms with Gasteiger partial charge in [0.15, 0.2) is 0 Å². The molecular formula is C43H33GeIrN3O2-2. The van der Waals surface area contributed by atoms with Gasteiger partial charge in [-0.2, -0.15) is 5.26 Å². The van der Waals surface area contributed by atoms with Gasteiger partial charge in [-0.25, -0.2) is 0 Å². The van der Waals surface area contributed by atoms with Crippen LogP contribution in [0.5, 0.6) is 5.75 Å². The van der Waals surface area contributed by atoms with Gasteiger partial charge in [-0.1, -0.05) is 60.0 Å². The molecule has 0 fully saturated rings. The van der Waals surface area contributed by atoms with Gasteiger partial charge in [-0.3, -0.25) is 0 Å². The van der Waals surface area contributed by atoms with E-state index in [-0.39, 0.29) is 32.2 Å². The summed E-state index contributed by atoms with van der Waals surface area (Å²) in [4.78, 5) is 9.11. The van der Waals surface area contributed by atoms with Crippen molar-refractivity contribution in [3.63, 3.8) is 0 Å². The Labute approximate surface area is 311 Å². The van der Waals surface area contributed by atoms with Gasteiger partial charge in [-0.15, -0.1) is 23.8 Å². The average Bonchev–Trinajstić information content (AvgIpc) is 3.53. The Morgan fingerprint density at radius 1 is 0.760 bits per heavy atom. The molecule has 8 rings (SSSR count). The van der Waals surface area contributed by atoms with Crippen LogP contribution in [0.25, 0.3) is 66.4 Å².